The number of alkyl halides is 3. The van der Waals surface area contributed by atoms with Gasteiger partial charge in [-0.25, -0.2) is 4.79 Å². The SMILES string of the molecule is CC(C)(Oc1cc(C(=O)Oc2ccccc2)ccc1OC(F)(F)F)C1CC2CCC1O2. The highest BCUT2D eigenvalue weighted by Gasteiger charge is 2.49. The van der Waals surface area contributed by atoms with Gasteiger partial charge in [0.15, 0.2) is 11.5 Å². The number of halogens is 3. The first-order chi connectivity index (χ1) is 14.6. The van der Waals surface area contributed by atoms with Crippen molar-refractivity contribution in [2.45, 2.75) is 57.3 Å². The Labute approximate surface area is 178 Å². The van der Waals surface area contributed by atoms with Crippen LogP contribution in [-0.2, 0) is 4.74 Å². The molecule has 8 heteroatoms. The van der Waals surface area contributed by atoms with E-state index < -0.39 is 23.7 Å². The Kier molecular flexibility index (Phi) is 5.60. The molecule has 2 aromatic rings. The van der Waals surface area contributed by atoms with Crippen molar-refractivity contribution in [3.63, 3.8) is 0 Å². The van der Waals surface area contributed by atoms with Crippen LogP contribution < -0.4 is 14.2 Å². The van der Waals surface area contributed by atoms with Gasteiger partial charge in [0.25, 0.3) is 0 Å². The molecule has 2 aliphatic rings. The van der Waals surface area contributed by atoms with Crippen molar-refractivity contribution in [3.05, 3.63) is 54.1 Å². The van der Waals surface area contributed by atoms with E-state index in [0.717, 1.165) is 25.3 Å². The molecule has 3 unspecified atom stereocenters. The number of para-hydroxylation sites is 1. The minimum Gasteiger partial charge on any atom is -0.484 e. The first-order valence-electron chi connectivity index (χ1n) is 10.1. The largest absolute Gasteiger partial charge is 0.573 e. The topological polar surface area (TPSA) is 54.0 Å². The predicted molar refractivity (Wildman–Crippen MR) is 105 cm³/mol. The number of ether oxygens (including phenoxy) is 4. The second kappa shape index (κ2) is 8.07. The Hall–Kier alpha value is -2.74. The smallest absolute Gasteiger partial charge is 0.484 e. The first-order valence-corrected chi connectivity index (χ1v) is 10.1. The van der Waals surface area contributed by atoms with Gasteiger partial charge in [0.05, 0.1) is 17.8 Å². The first kappa shape index (κ1) is 21.5. The van der Waals surface area contributed by atoms with E-state index in [0.29, 0.717) is 5.75 Å². The minimum atomic E-state index is -4.90. The van der Waals surface area contributed by atoms with Crippen LogP contribution >= 0.6 is 0 Å². The normalized spacial score (nSPS) is 22.9. The Balaban J connectivity index is 1.60. The van der Waals surface area contributed by atoms with Crippen LogP contribution in [0.1, 0.15) is 43.5 Å². The molecular weight excluding hydrogens is 413 g/mol. The van der Waals surface area contributed by atoms with Gasteiger partial charge in [0.2, 0.25) is 0 Å². The third-order valence-electron chi connectivity index (χ3n) is 5.73. The fraction of sp³-hybridized carbons (Fsp3) is 0.435. The average Bonchev–Trinajstić information content (AvgIpc) is 3.33. The van der Waals surface area contributed by atoms with Gasteiger partial charge in [-0.05, 0) is 63.4 Å². The van der Waals surface area contributed by atoms with Crippen molar-refractivity contribution in [1.29, 1.82) is 0 Å². The maximum absolute atomic E-state index is 12.9. The molecule has 2 aliphatic heterocycles. The Morgan fingerprint density at radius 3 is 2.35 bits per heavy atom. The lowest BCUT2D eigenvalue weighted by Gasteiger charge is -2.36. The Morgan fingerprint density at radius 1 is 1.00 bits per heavy atom. The molecule has 2 heterocycles. The summed E-state index contributed by atoms with van der Waals surface area (Å²) >= 11 is 0. The van der Waals surface area contributed by atoms with Crippen molar-refractivity contribution in [2.75, 3.05) is 0 Å². The summed E-state index contributed by atoms with van der Waals surface area (Å²) in [5.74, 6) is -1.06. The third-order valence-corrected chi connectivity index (χ3v) is 5.73. The van der Waals surface area contributed by atoms with Gasteiger partial charge in [-0.3, -0.25) is 0 Å². The molecule has 2 bridgehead atoms. The Bertz CT molecular complexity index is 942. The zero-order chi connectivity index (χ0) is 22.2. The fourth-order valence-electron chi connectivity index (χ4n) is 4.31. The maximum Gasteiger partial charge on any atom is 0.573 e. The quantitative estimate of drug-likeness (QED) is 0.440. The number of hydrogen-bond acceptors (Lipinski definition) is 5. The van der Waals surface area contributed by atoms with E-state index in [4.69, 9.17) is 14.2 Å². The minimum absolute atomic E-state index is 0.0122. The summed E-state index contributed by atoms with van der Waals surface area (Å²) in [6, 6.07) is 11.9. The Morgan fingerprint density at radius 2 is 1.74 bits per heavy atom. The van der Waals surface area contributed by atoms with Gasteiger partial charge < -0.3 is 18.9 Å². The molecule has 4 rings (SSSR count). The van der Waals surface area contributed by atoms with Crippen LogP contribution in [0.25, 0.3) is 0 Å². The summed E-state index contributed by atoms with van der Waals surface area (Å²) in [4.78, 5) is 12.5. The third kappa shape index (κ3) is 4.95. The molecule has 2 aromatic carbocycles. The summed E-state index contributed by atoms with van der Waals surface area (Å²) in [5, 5.41) is 0. The predicted octanol–water partition coefficient (Wildman–Crippen LogP) is 5.53. The molecule has 0 spiro atoms. The lowest BCUT2D eigenvalue weighted by Crippen LogP contribution is -2.42. The molecule has 5 nitrogen and oxygen atoms in total. The van der Waals surface area contributed by atoms with Gasteiger partial charge in [-0.15, -0.1) is 13.2 Å². The second-order valence-electron chi connectivity index (χ2n) is 8.33. The van der Waals surface area contributed by atoms with Crippen LogP contribution in [0.4, 0.5) is 13.2 Å². The molecule has 0 amide bonds. The lowest BCUT2D eigenvalue weighted by atomic mass is 9.78. The molecule has 31 heavy (non-hydrogen) atoms. The van der Waals surface area contributed by atoms with E-state index in [1.807, 2.05) is 13.8 Å². The standard InChI is InChI=1S/C23H23F3O5/c1-22(2,17-13-16-9-11-18(17)28-16)30-20-12-14(8-10-19(20)31-23(24,25)26)21(27)29-15-6-4-3-5-7-15/h3-8,10,12,16-18H,9,11,13H2,1-2H3. The monoisotopic (exact) mass is 436 g/mol. The fourth-order valence-corrected chi connectivity index (χ4v) is 4.31. The van der Waals surface area contributed by atoms with Crippen molar-refractivity contribution in [3.8, 4) is 17.2 Å². The number of rotatable bonds is 6. The van der Waals surface area contributed by atoms with Crippen molar-refractivity contribution < 1.29 is 36.9 Å². The van der Waals surface area contributed by atoms with E-state index in [1.54, 1.807) is 30.3 Å². The van der Waals surface area contributed by atoms with Crippen LogP contribution in [0.5, 0.6) is 17.2 Å². The zero-order valence-electron chi connectivity index (χ0n) is 17.1. The van der Waals surface area contributed by atoms with Gasteiger partial charge >= 0.3 is 12.3 Å². The average molecular weight is 436 g/mol. The number of carbonyl (C=O) groups excluding carboxylic acids is 1. The molecule has 0 radical (unpaired) electrons. The van der Waals surface area contributed by atoms with E-state index >= 15 is 0 Å². The van der Waals surface area contributed by atoms with Crippen molar-refractivity contribution in [2.24, 2.45) is 5.92 Å². The number of fused-ring (bicyclic) bond motifs is 2. The molecule has 0 saturated carbocycles. The second-order valence-corrected chi connectivity index (χ2v) is 8.33. The van der Waals surface area contributed by atoms with Crippen molar-refractivity contribution in [1.82, 2.24) is 0 Å². The van der Waals surface area contributed by atoms with Crippen LogP contribution in [0.2, 0.25) is 0 Å². The maximum atomic E-state index is 12.9. The highest BCUT2D eigenvalue weighted by atomic mass is 19.4. The van der Waals surface area contributed by atoms with E-state index in [2.05, 4.69) is 4.74 Å². The van der Waals surface area contributed by atoms with Crippen molar-refractivity contribution >= 4 is 5.97 Å². The molecule has 2 fully saturated rings. The highest BCUT2D eigenvalue weighted by Crippen LogP contribution is 2.46. The molecule has 0 N–H and O–H groups in total. The number of carbonyl (C=O) groups is 1. The van der Waals surface area contributed by atoms with Crippen LogP contribution in [-0.4, -0.2) is 30.1 Å². The van der Waals surface area contributed by atoms with Gasteiger partial charge in [0, 0.05) is 5.92 Å². The summed E-state index contributed by atoms with van der Waals surface area (Å²) < 4.78 is 60.2. The summed E-state index contributed by atoms with van der Waals surface area (Å²) in [6.45, 7) is 3.63. The van der Waals surface area contributed by atoms with Crippen LogP contribution in [0.15, 0.2) is 48.5 Å². The molecule has 0 aliphatic carbocycles. The van der Waals surface area contributed by atoms with Gasteiger partial charge in [-0.1, -0.05) is 18.2 Å². The number of esters is 1. The van der Waals surface area contributed by atoms with E-state index in [9.17, 15) is 18.0 Å². The highest BCUT2D eigenvalue weighted by molar-refractivity contribution is 5.91. The number of benzene rings is 2. The van der Waals surface area contributed by atoms with E-state index in [-0.39, 0.29) is 29.4 Å². The van der Waals surface area contributed by atoms with Crippen LogP contribution in [0, 0.1) is 5.92 Å². The summed E-state index contributed by atoms with van der Waals surface area (Å²) in [6.07, 6.45) is -2.06. The van der Waals surface area contributed by atoms with Crippen LogP contribution in [0.3, 0.4) is 0 Å². The zero-order valence-corrected chi connectivity index (χ0v) is 17.1. The van der Waals surface area contributed by atoms with E-state index in [1.165, 1.54) is 12.1 Å². The lowest BCUT2D eigenvalue weighted by molar-refractivity contribution is -0.275. The molecule has 2 saturated heterocycles. The van der Waals surface area contributed by atoms with Gasteiger partial charge in [0.1, 0.15) is 11.4 Å². The molecule has 0 aromatic heterocycles. The molecular formula is C23H23F3O5. The summed E-state index contributed by atoms with van der Waals surface area (Å²) in [7, 11) is 0. The molecule has 3 atom stereocenters. The summed E-state index contributed by atoms with van der Waals surface area (Å²) in [5.41, 5.74) is -0.778. The van der Waals surface area contributed by atoms with Gasteiger partial charge in [-0.2, -0.15) is 0 Å². The molecule has 166 valence electrons. The number of hydrogen-bond donors (Lipinski definition) is 0.